The van der Waals surface area contributed by atoms with Crippen LogP contribution in [0.15, 0.2) is 24.9 Å². The summed E-state index contributed by atoms with van der Waals surface area (Å²) < 4.78 is 26.2. The number of aromatic nitrogens is 1. The average molecular weight is 197 g/mol. The summed E-state index contributed by atoms with van der Waals surface area (Å²) in [6.45, 7) is 4.30. The van der Waals surface area contributed by atoms with E-state index in [9.17, 15) is 13.6 Å². The third-order valence-corrected chi connectivity index (χ3v) is 1.79. The molecule has 1 heterocycles. The molecule has 0 aliphatic rings. The maximum Gasteiger partial charge on any atom is 0.346 e. The maximum atomic E-state index is 13.1. The van der Waals surface area contributed by atoms with Crippen molar-refractivity contribution in [3.63, 3.8) is 0 Å². The van der Waals surface area contributed by atoms with Gasteiger partial charge in [-0.2, -0.15) is 8.78 Å². The topological polar surface area (TPSA) is 30.0 Å². The Morgan fingerprint density at radius 2 is 2.21 bits per heavy atom. The number of ketones is 1. The zero-order valence-electron chi connectivity index (χ0n) is 7.63. The van der Waals surface area contributed by atoms with Gasteiger partial charge in [-0.3, -0.25) is 9.78 Å². The molecule has 0 atom stereocenters. The second-order valence-corrected chi connectivity index (χ2v) is 2.81. The molecule has 74 valence electrons. The van der Waals surface area contributed by atoms with Crippen molar-refractivity contribution in [2.75, 3.05) is 0 Å². The first-order chi connectivity index (χ1) is 6.48. The lowest BCUT2D eigenvalue weighted by Gasteiger charge is -2.11. The Hall–Kier alpha value is -1.58. The van der Waals surface area contributed by atoms with E-state index in [0.29, 0.717) is 5.56 Å². The van der Waals surface area contributed by atoms with Gasteiger partial charge in [-0.15, -0.1) is 0 Å². The number of halogens is 2. The Labute approximate surface area is 80.3 Å². The summed E-state index contributed by atoms with van der Waals surface area (Å²) in [4.78, 5) is 14.1. The second kappa shape index (κ2) is 3.65. The summed E-state index contributed by atoms with van der Waals surface area (Å²) in [5.74, 6) is -4.71. The number of Topliss-reactive ketones (excluding diaryl/α,β-unsaturated/α-hetero) is 1. The largest absolute Gasteiger partial charge is 0.346 e. The van der Waals surface area contributed by atoms with Crippen LogP contribution in [0, 0.1) is 0 Å². The van der Waals surface area contributed by atoms with Gasteiger partial charge in [-0.1, -0.05) is 18.7 Å². The van der Waals surface area contributed by atoms with Gasteiger partial charge in [0.15, 0.2) is 0 Å². The van der Waals surface area contributed by atoms with E-state index in [1.807, 2.05) is 0 Å². The maximum absolute atomic E-state index is 13.1. The number of rotatable bonds is 3. The van der Waals surface area contributed by atoms with Gasteiger partial charge in [0.2, 0.25) is 5.78 Å². The molecule has 0 unspecified atom stereocenters. The Bertz CT molecular complexity index is 357. The number of carbonyl (C=O) groups excluding carboxylic acids is 1. The highest BCUT2D eigenvalue weighted by Gasteiger charge is 2.38. The van der Waals surface area contributed by atoms with E-state index in [1.165, 1.54) is 18.3 Å². The Kier molecular flexibility index (Phi) is 2.74. The molecule has 0 fully saturated rings. The predicted molar refractivity (Wildman–Crippen MR) is 48.9 cm³/mol. The van der Waals surface area contributed by atoms with Gasteiger partial charge in [-0.25, -0.2) is 0 Å². The van der Waals surface area contributed by atoms with Crippen molar-refractivity contribution in [3.8, 4) is 0 Å². The molecule has 0 spiro atoms. The van der Waals surface area contributed by atoms with E-state index in [4.69, 9.17) is 0 Å². The SMILES string of the molecule is C=Cc1ccc(C(F)(F)C(C)=O)nc1. The lowest BCUT2D eigenvalue weighted by molar-refractivity contribution is -0.142. The summed E-state index contributed by atoms with van der Waals surface area (Å²) in [5.41, 5.74) is 0.101. The van der Waals surface area contributed by atoms with Crippen molar-refractivity contribution in [1.29, 1.82) is 0 Å². The molecular weight excluding hydrogens is 188 g/mol. The zero-order chi connectivity index (χ0) is 10.8. The van der Waals surface area contributed by atoms with Crippen LogP contribution in [0.5, 0.6) is 0 Å². The van der Waals surface area contributed by atoms with Crippen LogP contribution >= 0.6 is 0 Å². The average Bonchev–Trinajstić information content (AvgIpc) is 2.17. The van der Waals surface area contributed by atoms with Crippen LogP contribution in [0.1, 0.15) is 18.2 Å². The highest BCUT2D eigenvalue weighted by atomic mass is 19.3. The van der Waals surface area contributed by atoms with Gasteiger partial charge < -0.3 is 0 Å². The van der Waals surface area contributed by atoms with Gasteiger partial charge in [0.25, 0.3) is 0 Å². The molecule has 1 aromatic heterocycles. The van der Waals surface area contributed by atoms with Crippen LogP contribution in [-0.4, -0.2) is 10.8 Å². The van der Waals surface area contributed by atoms with Crippen LogP contribution in [0.4, 0.5) is 8.78 Å². The monoisotopic (exact) mass is 197 g/mol. The molecule has 2 nitrogen and oxygen atoms in total. The Balaban J connectivity index is 3.08. The molecule has 0 aliphatic carbocycles. The first-order valence-electron chi connectivity index (χ1n) is 3.96. The summed E-state index contributed by atoms with van der Waals surface area (Å²) >= 11 is 0. The lowest BCUT2D eigenvalue weighted by Crippen LogP contribution is -2.24. The van der Waals surface area contributed by atoms with Crippen molar-refractivity contribution < 1.29 is 13.6 Å². The fourth-order valence-electron chi connectivity index (χ4n) is 0.892. The summed E-state index contributed by atoms with van der Waals surface area (Å²) in [7, 11) is 0. The third-order valence-electron chi connectivity index (χ3n) is 1.79. The van der Waals surface area contributed by atoms with Crippen molar-refractivity contribution in [2.45, 2.75) is 12.8 Å². The fourth-order valence-corrected chi connectivity index (χ4v) is 0.892. The number of pyridine rings is 1. The number of hydrogen-bond donors (Lipinski definition) is 0. The first-order valence-corrected chi connectivity index (χ1v) is 3.96. The summed E-state index contributed by atoms with van der Waals surface area (Å²) in [5, 5.41) is 0. The number of hydrogen-bond acceptors (Lipinski definition) is 2. The molecular formula is C10H9F2NO. The fraction of sp³-hybridized carbons (Fsp3) is 0.200. The third kappa shape index (κ3) is 1.84. The standard InChI is InChI=1S/C10H9F2NO/c1-3-8-4-5-9(13-6-8)10(11,12)7(2)14/h3-6H,1H2,2H3. The molecule has 0 bridgehead atoms. The van der Waals surface area contributed by atoms with Gasteiger partial charge in [0.05, 0.1) is 0 Å². The summed E-state index contributed by atoms with van der Waals surface area (Å²) in [6.07, 6.45) is 2.74. The molecule has 1 rings (SSSR count). The Morgan fingerprint density at radius 3 is 2.57 bits per heavy atom. The highest BCUT2D eigenvalue weighted by Crippen LogP contribution is 2.27. The van der Waals surface area contributed by atoms with Crippen LogP contribution in [0.2, 0.25) is 0 Å². The van der Waals surface area contributed by atoms with Crippen LogP contribution in [-0.2, 0) is 10.7 Å². The van der Waals surface area contributed by atoms with E-state index in [1.54, 1.807) is 0 Å². The van der Waals surface area contributed by atoms with Gasteiger partial charge in [-0.05, 0) is 11.6 Å². The minimum absolute atomic E-state index is 0.532. The molecule has 1 aromatic rings. The normalized spacial score (nSPS) is 11.1. The smallest absolute Gasteiger partial charge is 0.293 e. The molecule has 0 radical (unpaired) electrons. The van der Waals surface area contributed by atoms with Crippen LogP contribution < -0.4 is 0 Å². The van der Waals surface area contributed by atoms with E-state index in [0.717, 1.165) is 13.0 Å². The minimum Gasteiger partial charge on any atom is -0.293 e. The molecule has 0 saturated carbocycles. The first kappa shape index (κ1) is 10.5. The van der Waals surface area contributed by atoms with Crippen molar-refractivity contribution in [2.24, 2.45) is 0 Å². The minimum atomic E-state index is -3.50. The van der Waals surface area contributed by atoms with E-state index in [2.05, 4.69) is 11.6 Å². The molecule has 0 aliphatic heterocycles. The quantitative estimate of drug-likeness (QED) is 0.744. The number of carbonyl (C=O) groups is 1. The van der Waals surface area contributed by atoms with Gasteiger partial charge in [0, 0.05) is 13.1 Å². The van der Waals surface area contributed by atoms with E-state index < -0.39 is 17.4 Å². The van der Waals surface area contributed by atoms with Gasteiger partial charge >= 0.3 is 5.92 Å². The second-order valence-electron chi connectivity index (χ2n) is 2.81. The molecule has 4 heteroatoms. The van der Waals surface area contributed by atoms with Crippen LogP contribution in [0.3, 0.4) is 0 Å². The van der Waals surface area contributed by atoms with E-state index >= 15 is 0 Å². The predicted octanol–water partition coefficient (Wildman–Crippen LogP) is 2.41. The molecule has 14 heavy (non-hydrogen) atoms. The van der Waals surface area contributed by atoms with Crippen molar-refractivity contribution in [3.05, 3.63) is 36.2 Å². The molecule has 0 aromatic carbocycles. The molecule has 0 N–H and O–H groups in total. The number of alkyl halides is 2. The summed E-state index contributed by atoms with van der Waals surface area (Å²) in [6, 6.07) is 2.56. The Morgan fingerprint density at radius 1 is 1.57 bits per heavy atom. The van der Waals surface area contributed by atoms with Crippen LogP contribution in [0.25, 0.3) is 6.08 Å². The van der Waals surface area contributed by atoms with Crippen molar-refractivity contribution in [1.82, 2.24) is 4.98 Å². The van der Waals surface area contributed by atoms with E-state index in [-0.39, 0.29) is 0 Å². The van der Waals surface area contributed by atoms with Crippen molar-refractivity contribution >= 4 is 11.9 Å². The molecule has 0 amide bonds. The molecule has 0 saturated heterocycles. The van der Waals surface area contributed by atoms with Gasteiger partial charge in [0.1, 0.15) is 5.69 Å². The lowest BCUT2D eigenvalue weighted by atomic mass is 10.1. The highest BCUT2D eigenvalue weighted by molar-refractivity contribution is 5.83. The number of nitrogens with zero attached hydrogens (tertiary/aromatic N) is 1. The zero-order valence-corrected chi connectivity index (χ0v) is 7.63.